The molecule has 4 nitrogen and oxygen atoms in total. The van der Waals surface area contributed by atoms with Crippen molar-refractivity contribution in [2.45, 2.75) is 53.1 Å². The minimum Gasteiger partial charge on any atom is -0.378 e. The van der Waals surface area contributed by atoms with Crippen molar-refractivity contribution in [3.05, 3.63) is 16.8 Å². The monoisotopic (exact) mass is 333 g/mol. The van der Waals surface area contributed by atoms with Crippen molar-refractivity contribution in [3.8, 4) is 0 Å². The number of anilines is 1. The Labute approximate surface area is 142 Å². The highest BCUT2D eigenvalue weighted by atomic mass is 32.1. The van der Waals surface area contributed by atoms with Crippen molar-refractivity contribution in [2.75, 3.05) is 24.6 Å². The minimum atomic E-state index is 0.410. The molecule has 2 aromatic heterocycles. The molecule has 0 atom stereocenters. The van der Waals surface area contributed by atoms with Gasteiger partial charge in [0.2, 0.25) is 0 Å². The molecule has 23 heavy (non-hydrogen) atoms. The van der Waals surface area contributed by atoms with Gasteiger partial charge in [-0.05, 0) is 50.0 Å². The number of thiophene rings is 1. The van der Waals surface area contributed by atoms with Gasteiger partial charge in [-0.2, -0.15) is 0 Å². The van der Waals surface area contributed by atoms with E-state index < -0.39 is 0 Å². The fourth-order valence-corrected chi connectivity index (χ4v) is 4.37. The molecule has 2 aromatic rings. The van der Waals surface area contributed by atoms with E-state index in [0.29, 0.717) is 12.0 Å². The minimum absolute atomic E-state index is 0.410. The van der Waals surface area contributed by atoms with E-state index in [1.54, 1.807) is 11.3 Å². The molecular formula is C18H27N3OS. The summed E-state index contributed by atoms with van der Waals surface area (Å²) in [7, 11) is 0. The average molecular weight is 334 g/mol. The third kappa shape index (κ3) is 3.66. The van der Waals surface area contributed by atoms with Crippen LogP contribution in [0.2, 0.25) is 0 Å². The molecule has 0 aromatic carbocycles. The first-order chi connectivity index (χ1) is 11.1. The summed E-state index contributed by atoms with van der Waals surface area (Å²) in [6.07, 6.45) is 3.67. The highest BCUT2D eigenvalue weighted by molar-refractivity contribution is 7.17. The third-order valence-corrected chi connectivity index (χ3v) is 5.30. The van der Waals surface area contributed by atoms with E-state index in [1.807, 2.05) is 6.92 Å². The van der Waals surface area contributed by atoms with E-state index in [2.05, 4.69) is 36.0 Å². The second-order valence-corrected chi connectivity index (χ2v) is 7.63. The lowest BCUT2D eigenvalue weighted by Crippen LogP contribution is -2.37. The van der Waals surface area contributed by atoms with Crippen molar-refractivity contribution in [2.24, 2.45) is 5.92 Å². The standard InChI is InChI=1S/C18H27N3OS/c1-5-22-15-6-8-21(9-7-15)17-16-14(10-12(2)3)11-23-18(16)20-13(4)19-17/h11-12,15H,5-10H2,1-4H3. The maximum absolute atomic E-state index is 5.78. The Hall–Kier alpha value is -1.20. The van der Waals surface area contributed by atoms with Gasteiger partial charge in [-0.1, -0.05) is 13.8 Å². The summed E-state index contributed by atoms with van der Waals surface area (Å²) in [6.45, 7) is 11.5. The highest BCUT2D eigenvalue weighted by Gasteiger charge is 2.24. The summed E-state index contributed by atoms with van der Waals surface area (Å²) in [6, 6.07) is 0. The fourth-order valence-electron chi connectivity index (χ4n) is 3.37. The molecule has 1 fully saturated rings. The molecule has 0 spiro atoms. The van der Waals surface area contributed by atoms with E-state index >= 15 is 0 Å². The zero-order valence-corrected chi connectivity index (χ0v) is 15.4. The summed E-state index contributed by atoms with van der Waals surface area (Å²) in [5, 5.41) is 3.55. The average Bonchev–Trinajstić information content (AvgIpc) is 2.89. The van der Waals surface area contributed by atoms with E-state index in [-0.39, 0.29) is 0 Å². The van der Waals surface area contributed by atoms with E-state index in [9.17, 15) is 0 Å². The lowest BCUT2D eigenvalue weighted by atomic mass is 10.0. The van der Waals surface area contributed by atoms with Crippen LogP contribution in [0.15, 0.2) is 5.38 Å². The van der Waals surface area contributed by atoms with Crippen LogP contribution >= 0.6 is 11.3 Å². The molecule has 0 aliphatic carbocycles. The summed E-state index contributed by atoms with van der Waals surface area (Å²) in [4.78, 5) is 13.0. The lowest BCUT2D eigenvalue weighted by molar-refractivity contribution is 0.0459. The van der Waals surface area contributed by atoms with Crippen LogP contribution in [0.4, 0.5) is 5.82 Å². The first-order valence-corrected chi connectivity index (χ1v) is 9.57. The summed E-state index contributed by atoms with van der Waals surface area (Å²) in [5.74, 6) is 2.65. The molecule has 5 heteroatoms. The molecule has 0 saturated carbocycles. The van der Waals surface area contributed by atoms with Gasteiger partial charge in [-0.25, -0.2) is 9.97 Å². The molecule has 0 unspecified atom stereocenters. The number of aromatic nitrogens is 2. The van der Waals surface area contributed by atoms with Gasteiger partial charge in [0.05, 0.1) is 11.5 Å². The molecule has 126 valence electrons. The zero-order valence-electron chi connectivity index (χ0n) is 14.6. The first kappa shape index (κ1) is 16.7. The van der Waals surface area contributed by atoms with E-state index in [0.717, 1.165) is 55.4 Å². The predicted octanol–water partition coefficient (Wildman–Crippen LogP) is 4.20. The van der Waals surface area contributed by atoms with Crippen LogP contribution in [-0.4, -0.2) is 35.8 Å². The van der Waals surface area contributed by atoms with Crippen LogP contribution in [0.5, 0.6) is 0 Å². The van der Waals surface area contributed by atoms with Crippen LogP contribution < -0.4 is 4.90 Å². The molecular weight excluding hydrogens is 306 g/mol. The number of piperidine rings is 1. The van der Waals surface area contributed by atoms with Crippen LogP contribution in [-0.2, 0) is 11.2 Å². The van der Waals surface area contributed by atoms with Crippen LogP contribution in [0.25, 0.3) is 10.2 Å². The zero-order chi connectivity index (χ0) is 16.4. The summed E-state index contributed by atoms with van der Waals surface area (Å²) >= 11 is 1.75. The normalized spacial score (nSPS) is 16.7. The molecule has 0 radical (unpaired) electrons. The number of hydrogen-bond acceptors (Lipinski definition) is 5. The molecule has 0 amide bonds. The van der Waals surface area contributed by atoms with E-state index in [1.165, 1.54) is 10.9 Å². The Morgan fingerprint density at radius 1 is 1.30 bits per heavy atom. The Balaban J connectivity index is 1.91. The molecule has 3 heterocycles. The van der Waals surface area contributed by atoms with Gasteiger partial charge in [0, 0.05) is 19.7 Å². The molecule has 3 rings (SSSR count). The van der Waals surface area contributed by atoms with Gasteiger partial charge < -0.3 is 9.64 Å². The van der Waals surface area contributed by atoms with Gasteiger partial charge in [0.1, 0.15) is 16.5 Å². The Kier molecular flexibility index (Phi) is 5.17. The quantitative estimate of drug-likeness (QED) is 0.822. The molecule has 0 N–H and O–H groups in total. The number of ether oxygens (including phenoxy) is 1. The van der Waals surface area contributed by atoms with Crippen molar-refractivity contribution < 1.29 is 4.74 Å². The molecule has 1 aliphatic rings. The number of fused-ring (bicyclic) bond motifs is 1. The smallest absolute Gasteiger partial charge is 0.141 e. The number of hydrogen-bond donors (Lipinski definition) is 0. The van der Waals surface area contributed by atoms with Crippen molar-refractivity contribution in [1.29, 1.82) is 0 Å². The second kappa shape index (κ2) is 7.14. The molecule has 1 aliphatic heterocycles. The maximum Gasteiger partial charge on any atom is 0.141 e. The third-order valence-electron chi connectivity index (χ3n) is 4.37. The van der Waals surface area contributed by atoms with Crippen molar-refractivity contribution >= 4 is 27.4 Å². The van der Waals surface area contributed by atoms with Gasteiger partial charge in [0.25, 0.3) is 0 Å². The topological polar surface area (TPSA) is 38.2 Å². The maximum atomic E-state index is 5.78. The Bertz CT molecular complexity index is 660. The number of aryl methyl sites for hydroxylation is 1. The Morgan fingerprint density at radius 2 is 2.04 bits per heavy atom. The number of rotatable bonds is 5. The van der Waals surface area contributed by atoms with Crippen LogP contribution in [0.1, 0.15) is 45.0 Å². The van der Waals surface area contributed by atoms with Gasteiger partial charge >= 0.3 is 0 Å². The largest absolute Gasteiger partial charge is 0.378 e. The van der Waals surface area contributed by atoms with Gasteiger partial charge in [0.15, 0.2) is 0 Å². The SMILES string of the molecule is CCOC1CCN(c2nc(C)nc3scc(CC(C)C)c23)CC1. The van der Waals surface area contributed by atoms with Crippen LogP contribution in [0.3, 0.4) is 0 Å². The molecule has 1 saturated heterocycles. The van der Waals surface area contributed by atoms with Crippen molar-refractivity contribution in [1.82, 2.24) is 9.97 Å². The van der Waals surface area contributed by atoms with Gasteiger partial charge in [-0.15, -0.1) is 11.3 Å². The predicted molar refractivity (Wildman–Crippen MR) is 97.6 cm³/mol. The van der Waals surface area contributed by atoms with Crippen LogP contribution in [0, 0.1) is 12.8 Å². The van der Waals surface area contributed by atoms with E-state index in [4.69, 9.17) is 9.72 Å². The summed E-state index contributed by atoms with van der Waals surface area (Å²) < 4.78 is 5.78. The van der Waals surface area contributed by atoms with Crippen molar-refractivity contribution in [3.63, 3.8) is 0 Å². The Morgan fingerprint density at radius 3 is 2.70 bits per heavy atom. The molecule has 0 bridgehead atoms. The van der Waals surface area contributed by atoms with Gasteiger partial charge in [-0.3, -0.25) is 0 Å². The first-order valence-electron chi connectivity index (χ1n) is 8.69. The lowest BCUT2D eigenvalue weighted by Gasteiger charge is -2.33. The highest BCUT2D eigenvalue weighted by Crippen LogP contribution is 2.34. The summed E-state index contributed by atoms with van der Waals surface area (Å²) in [5.41, 5.74) is 1.40. The number of nitrogens with zero attached hydrogens (tertiary/aromatic N) is 3. The second-order valence-electron chi connectivity index (χ2n) is 6.78. The fraction of sp³-hybridized carbons (Fsp3) is 0.667.